The van der Waals surface area contributed by atoms with Gasteiger partial charge in [0.1, 0.15) is 17.5 Å². The molecule has 1 fully saturated rings. The van der Waals surface area contributed by atoms with Crippen molar-refractivity contribution in [1.82, 2.24) is 14.9 Å². The number of carbonyl (C=O) groups is 3. The van der Waals surface area contributed by atoms with Crippen LogP contribution in [0.5, 0.6) is 5.75 Å². The van der Waals surface area contributed by atoms with Crippen molar-refractivity contribution >= 4 is 35.4 Å². The van der Waals surface area contributed by atoms with E-state index in [1.807, 2.05) is 19.8 Å². The Morgan fingerprint density at radius 3 is 2.34 bits per heavy atom. The summed E-state index contributed by atoms with van der Waals surface area (Å²) in [6.45, 7) is 5.05. The van der Waals surface area contributed by atoms with Gasteiger partial charge in [-0.25, -0.2) is 14.6 Å². The van der Waals surface area contributed by atoms with Gasteiger partial charge in [-0.2, -0.15) is 18.2 Å². The van der Waals surface area contributed by atoms with Gasteiger partial charge < -0.3 is 25.0 Å². The molecule has 0 bridgehead atoms. The van der Waals surface area contributed by atoms with Gasteiger partial charge >= 0.3 is 24.1 Å². The van der Waals surface area contributed by atoms with E-state index in [1.165, 1.54) is 12.1 Å². The van der Waals surface area contributed by atoms with E-state index in [2.05, 4.69) is 15.3 Å². The minimum absolute atomic E-state index is 0.120. The van der Waals surface area contributed by atoms with Crippen molar-refractivity contribution in [2.75, 3.05) is 47.8 Å². The molecule has 41 heavy (non-hydrogen) atoms. The lowest BCUT2D eigenvalue weighted by molar-refractivity contribution is -0.170. The number of aliphatic carboxylic acids is 1. The van der Waals surface area contributed by atoms with Crippen LogP contribution >= 0.6 is 0 Å². The molecule has 1 atom stereocenters. The molecule has 1 aromatic heterocycles. The highest BCUT2D eigenvalue weighted by molar-refractivity contribution is 6.00. The lowest BCUT2D eigenvalue weighted by Crippen LogP contribution is -2.42. The van der Waals surface area contributed by atoms with E-state index in [-0.39, 0.29) is 28.8 Å². The number of benzene rings is 1. The zero-order valence-electron chi connectivity index (χ0n) is 22.6. The molecular formula is C27H31F3N6O5. The maximum atomic E-state index is 13.4. The topological polar surface area (TPSA) is 128 Å². The molecule has 1 saturated heterocycles. The number of hydrogen-bond donors (Lipinski definition) is 2. The number of carboxylic acid groups (broad SMARTS) is 1. The monoisotopic (exact) mass is 576 g/mol. The van der Waals surface area contributed by atoms with E-state index in [0.29, 0.717) is 31.7 Å². The van der Waals surface area contributed by atoms with Crippen molar-refractivity contribution < 1.29 is 37.4 Å². The summed E-state index contributed by atoms with van der Waals surface area (Å²) in [5, 5.41) is 12.6. The zero-order chi connectivity index (χ0) is 30.2. The molecular weight excluding hydrogens is 545 g/mol. The van der Waals surface area contributed by atoms with Gasteiger partial charge in [0, 0.05) is 32.6 Å². The van der Waals surface area contributed by atoms with E-state index in [9.17, 15) is 32.7 Å². The molecule has 2 amide bonds. The SMILES string of the molecule is C#CCN(C(=O)C(F)(F)F)c1cnc(N(CC)CC)nc1N[C@@H](Cc1ccc(OC(=O)N2CCCC2)cc1)C(=O)O. The third-order valence-corrected chi connectivity index (χ3v) is 6.37. The minimum Gasteiger partial charge on any atom is -0.480 e. The summed E-state index contributed by atoms with van der Waals surface area (Å²) in [5.41, 5.74) is 0.105. The highest BCUT2D eigenvalue weighted by Crippen LogP contribution is 2.30. The van der Waals surface area contributed by atoms with Crippen LogP contribution in [-0.4, -0.2) is 82.9 Å². The van der Waals surface area contributed by atoms with Crippen LogP contribution in [0, 0.1) is 12.3 Å². The minimum atomic E-state index is -5.25. The first-order chi connectivity index (χ1) is 19.5. The van der Waals surface area contributed by atoms with E-state index in [0.717, 1.165) is 19.0 Å². The van der Waals surface area contributed by atoms with Gasteiger partial charge in [-0.3, -0.25) is 9.69 Å². The third kappa shape index (κ3) is 8.00. The summed E-state index contributed by atoms with van der Waals surface area (Å²) in [4.78, 5) is 48.6. The summed E-state index contributed by atoms with van der Waals surface area (Å²) < 4.78 is 45.5. The second kappa shape index (κ2) is 13.7. The third-order valence-electron chi connectivity index (χ3n) is 6.37. The molecule has 0 unspecified atom stereocenters. The summed E-state index contributed by atoms with van der Waals surface area (Å²) in [6.07, 6.45) is 2.22. The predicted octanol–water partition coefficient (Wildman–Crippen LogP) is 3.55. The molecule has 1 aliphatic rings. The Kier molecular flexibility index (Phi) is 10.3. The second-order valence-electron chi connectivity index (χ2n) is 9.11. The fraction of sp³-hybridized carbons (Fsp3) is 0.444. The molecule has 0 spiro atoms. The molecule has 2 N–H and O–H groups in total. The molecule has 3 rings (SSSR count). The van der Waals surface area contributed by atoms with Gasteiger partial charge in [-0.1, -0.05) is 18.1 Å². The van der Waals surface area contributed by atoms with Gasteiger partial charge in [-0.05, 0) is 44.4 Å². The smallest absolute Gasteiger partial charge is 0.471 e. The number of amides is 2. The molecule has 2 aromatic rings. The number of likely N-dealkylation sites (tertiary alicyclic amines) is 1. The molecule has 0 saturated carbocycles. The van der Waals surface area contributed by atoms with Crippen LogP contribution in [0.2, 0.25) is 0 Å². The molecule has 11 nitrogen and oxygen atoms in total. The molecule has 1 aliphatic heterocycles. The lowest BCUT2D eigenvalue weighted by atomic mass is 10.1. The van der Waals surface area contributed by atoms with Gasteiger partial charge in [0.05, 0.1) is 12.7 Å². The summed E-state index contributed by atoms with van der Waals surface area (Å²) in [6, 6.07) is 4.81. The molecule has 1 aromatic carbocycles. The molecule has 0 aliphatic carbocycles. The van der Waals surface area contributed by atoms with Crippen molar-refractivity contribution in [2.24, 2.45) is 0 Å². The number of ether oxygens (including phenoxy) is 1. The number of terminal acetylenes is 1. The highest BCUT2D eigenvalue weighted by Gasteiger charge is 2.44. The summed E-state index contributed by atoms with van der Waals surface area (Å²) >= 11 is 0. The van der Waals surface area contributed by atoms with Crippen LogP contribution in [0.4, 0.5) is 35.4 Å². The number of aromatic nitrogens is 2. The van der Waals surface area contributed by atoms with Gasteiger partial charge in [0.25, 0.3) is 0 Å². The second-order valence-corrected chi connectivity index (χ2v) is 9.11. The van der Waals surface area contributed by atoms with Crippen LogP contribution in [0.25, 0.3) is 0 Å². The van der Waals surface area contributed by atoms with E-state index in [4.69, 9.17) is 11.2 Å². The van der Waals surface area contributed by atoms with Gasteiger partial charge in [0.15, 0.2) is 5.82 Å². The first kappa shape index (κ1) is 31.0. The number of carbonyl (C=O) groups excluding carboxylic acids is 2. The number of anilines is 3. The Balaban J connectivity index is 1.90. The molecule has 0 radical (unpaired) electrons. The van der Waals surface area contributed by atoms with Crippen molar-refractivity contribution in [1.29, 1.82) is 0 Å². The number of alkyl halides is 3. The number of halogens is 3. The molecule has 2 heterocycles. The van der Waals surface area contributed by atoms with Gasteiger partial charge in [0.2, 0.25) is 5.95 Å². The predicted molar refractivity (Wildman–Crippen MR) is 145 cm³/mol. The van der Waals surface area contributed by atoms with Crippen LogP contribution in [-0.2, 0) is 16.0 Å². The van der Waals surface area contributed by atoms with Crippen LogP contribution in [0.3, 0.4) is 0 Å². The number of carboxylic acids is 1. The molecule has 220 valence electrons. The number of rotatable bonds is 11. The Morgan fingerprint density at radius 2 is 1.80 bits per heavy atom. The van der Waals surface area contributed by atoms with Crippen molar-refractivity contribution in [3.05, 3.63) is 36.0 Å². The van der Waals surface area contributed by atoms with E-state index >= 15 is 0 Å². The summed E-state index contributed by atoms with van der Waals surface area (Å²) in [5.74, 6) is -1.46. The normalized spacial score (nSPS) is 13.7. The fourth-order valence-electron chi connectivity index (χ4n) is 4.20. The Hall–Kier alpha value is -4.54. The maximum absolute atomic E-state index is 13.4. The quantitative estimate of drug-likeness (QED) is 0.386. The van der Waals surface area contributed by atoms with Crippen LogP contribution < -0.4 is 19.9 Å². The Morgan fingerprint density at radius 1 is 1.17 bits per heavy atom. The Bertz CT molecular complexity index is 1270. The number of nitrogens with one attached hydrogen (secondary N) is 1. The average Bonchev–Trinajstić information content (AvgIpc) is 3.48. The summed E-state index contributed by atoms with van der Waals surface area (Å²) in [7, 11) is 0. The van der Waals surface area contributed by atoms with E-state index < -0.39 is 42.4 Å². The van der Waals surface area contributed by atoms with Crippen molar-refractivity contribution in [2.45, 2.75) is 45.3 Å². The van der Waals surface area contributed by atoms with Crippen molar-refractivity contribution in [3.63, 3.8) is 0 Å². The Labute approximate surface area is 235 Å². The highest BCUT2D eigenvalue weighted by atomic mass is 19.4. The largest absolute Gasteiger partial charge is 0.480 e. The molecule has 14 heteroatoms. The van der Waals surface area contributed by atoms with E-state index in [1.54, 1.807) is 21.9 Å². The average molecular weight is 577 g/mol. The van der Waals surface area contributed by atoms with Gasteiger partial charge in [-0.15, -0.1) is 6.42 Å². The first-order valence-electron chi connectivity index (χ1n) is 13.0. The maximum Gasteiger partial charge on any atom is 0.471 e. The number of hydrogen-bond acceptors (Lipinski definition) is 8. The van der Waals surface area contributed by atoms with Crippen LogP contribution in [0.15, 0.2) is 30.5 Å². The lowest BCUT2D eigenvalue weighted by Gasteiger charge is -2.27. The van der Waals surface area contributed by atoms with Crippen molar-refractivity contribution in [3.8, 4) is 18.1 Å². The van der Waals surface area contributed by atoms with Crippen LogP contribution in [0.1, 0.15) is 32.3 Å². The first-order valence-corrected chi connectivity index (χ1v) is 13.0. The zero-order valence-corrected chi connectivity index (χ0v) is 22.6. The number of nitrogens with zero attached hydrogens (tertiary/aromatic N) is 5. The fourth-order valence-corrected chi connectivity index (χ4v) is 4.20. The standard InChI is InChI=1S/C27H31F3N6O5/c1-4-13-36(24(39)27(28,29)30)21-17-31-25(34(5-2)6-3)33-22(21)32-20(23(37)38)16-18-9-11-19(12-10-18)41-26(40)35-14-7-8-15-35/h1,9-12,17,20H,5-8,13-16H2,2-3H3,(H,37,38)(H,31,32,33)/t20-/m0/s1.